The van der Waals surface area contributed by atoms with Crippen LogP contribution in [0.5, 0.6) is 5.75 Å². The van der Waals surface area contributed by atoms with Crippen molar-refractivity contribution in [2.75, 3.05) is 44.6 Å². The summed E-state index contributed by atoms with van der Waals surface area (Å²) in [4.78, 5) is 2.34. The van der Waals surface area contributed by atoms with Crippen LogP contribution < -0.4 is 15.8 Å². The minimum Gasteiger partial charge on any atom is -0.492 e. The van der Waals surface area contributed by atoms with Crippen LogP contribution in [0.25, 0.3) is 0 Å². The van der Waals surface area contributed by atoms with Gasteiger partial charge >= 0.3 is 0 Å². The maximum Gasteiger partial charge on any atom is 0.121 e. The van der Waals surface area contributed by atoms with Crippen molar-refractivity contribution in [2.45, 2.75) is 13.8 Å². The first-order valence-corrected chi connectivity index (χ1v) is 6.69. The molecule has 0 heterocycles. The van der Waals surface area contributed by atoms with Gasteiger partial charge in [0.25, 0.3) is 0 Å². The molecule has 0 bridgehead atoms. The zero-order valence-corrected chi connectivity index (χ0v) is 11.5. The van der Waals surface area contributed by atoms with Crippen LogP contribution in [0.4, 0.5) is 5.69 Å². The summed E-state index contributed by atoms with van der Waals surface area (Å²) in [5.41, 5.74) is 6.52. The van der Waals surface area contributed by atoms with Gasteiger partial charge in [-0.15, -0.1) is 0 Å². The van der Waals surface area contributed by atoms with Crippen molar-refractivity contribution in [1.29, 1.82) is 0 Å². The highest BCUT2D eigenvalue weighted by molar-refractivity contribution is 5.48. The standard InChI is InChI=1S/C14H25N3O/c1-3-17(4-2)10-11-18-14-7-5-6-13(12-14)16-9-8-15/h5-7,12,16H,3-4,8-11,15H2,1-2H3. The van der Waals surface area contributed by atoms with Crippen LogP contribution in [0.2, 0.25) is 0 Å². The topological polar surface area (TPSA) is 50.5 Å². The molecule has 0 fully saturated rings. The quantitative estimate of drug-likeness (QED) is 0.702. The normalized spacial score (nSPS) is 10.7. The van der Waals surface area contributed by atoms with E-state index < -0.39 is 0 Å². The molecule has 4 nitrogen and oxygen atoms in total. The molecule has 0 unspecified atom stereocenters. The Labute approximate surface area is 110 Å². The number of hydrogen-bond donors (Lipinski definition) is 2. The van der Waals surface area contributed by atoms with E-state index in [9.17, 15) is 0 Å². The van der Waals surface area contributed by atoms with Crippen molar-refractivity contribution in [1.82, 2.24) is 4.90 Å². The Morgan fingerprint density at radius 3 is 2.72 bits per heavy atom. The van der Waals surface area contributed by atoms with Gasteiger partial charge in [-0.3, -0.25) is 0 Å². The molecule has 1 aromatic carbocycles. The van der Waals surface area contributed by atoms with Crippen molar-refractivity contribution >= 4 is 5.69 Å². The van der Waals surface area contributed by atoms with Crippen LogP contribution in [0.15, 0.2) is 24.3 Å². The lowest BCUT2D eigenvalue weighted by molar-refractivity contribution is 0.223. The molecule has 0 aromatic heterocycles. The summed E-state index contributed by atoms with van der Waals surface area (Å²) in [6, 6.07) is 8.01. The van der Waals surface area contributed by atoms with Crippen LogP contribution in [-0.2, 0) is 0 Å². The van der Waals surface area contributed by atoms with Gasteiger partial charge in [-0.25, -0.2) is 0 Å². The number of ether oxygens (including phenoxy) is 1. The van der Waals surface area contributed by atoms with Gasteiger partial charge in [0.05, 0.1) is 0 Å². The molecular weight excluding hydrogens is 226 g/mol. The van der Waals surface area contributed by atoms with Crippen LogP contribution in [-0.4, -0.2) is 44.2 Å². The second-order valence-corrected chi connectivity index (χ2v) is 4.12. The van der Waals surface area contributed by atoms with E-state index in [0.717, 1.165) is 44.2 Å². The minimum absolute atomic E-state index is 0.632. The number of benzene rings is 1. The van der Waals surface area contributed by atoms with E-state index >= 15 is 0 Å². The molecule has 0 amide bonds. The van der Waals surface area contributed by atoms with Crippen molar-refractivity contribution < 1.29 is 4.74 Å². The molecule has 0 aliphatic rings. The van der Waals surface area contributed by atoms with E-state index in [1.807, 2.05) is 24.3 Å². The number of nitrogens with two attached hydrogens (primary N) is 1. The molecule has 0 radical (unpaired) electrons. The monoisotopic (exact) mass is 251 g/mol. The van der Waals surface area contributed by atoms with Gasteiger partial charge in [-0.1, -0.05) is 19.9 Å². The van der Waals surface area contributed by atoms with Gasteiger partial charge in [-0.05, 0) is 25.2 Å². The van der Waals surface area contributed by atoms with E-state index in [4.69, 9.17) is 10.5 Å². The van der Waals surface area contributed by atoms with Gasteiger partial charge in [0.2, 0.25) is 0 Å². The fourth-order valence-corrected chi connectivity index (χ4v) is 1.74. The first kappa shape index (κ1) is 14.8. The van der Waals surface area contributed by atoms with Gasteiger partial charge in [0.1, 0.15) is 12.4 Å². The lowest BCUT2D eigenvalue weighted by Crippen LogP contribution is -2.27. The average molecular weight is 251 g/mol. The van der Waals surface area contributed by atoms with Crippen LogP contribution in [0.3, 0.4) is 0 Å². The summed E-state index contributed by atoms with van der Waals surface area (Å²) in [5.74, 6) is 0.907. The zero-order valence-electron chi connectivity index (χ0n) is 11.5. The Balaban J connectivity index is 2.37. The maximum absolute atomic E-state index is 5.75. The number of anilines is 1. The SMILES string of the molecule is CCN(CC)CCOc1cccc(NCCN)c1. The van der Waals surface area contributed by atoms with Crippen LogP contribution >= 0.6 is 0 Å². The maximum atomic E-state index is 5.75. The predicted octanol–water partition coefficient (Wildman–Crippen LogP) is 1.78. The Kier molecular flexibility index (Phi) is 7.22. The lowest BCUT2D eigenvalue weighted by Gasteiger charge is -2.18. The molecular formula is C14H25N3O. The summed E-state index contributed by atoms with van der Waals surface area (Å²) in [5, 5.41) is 3.24. The molecule has 3 N–H and O–H groups in total. The fourth-order valence-electron chi connectivity index (χ4n) is 1.74. The third-order valence-electron chi connectivity index (χ3n) is 2.88. The highest BCUT2D eigenvalue weighted by Gasteiger charge is 2.00. The smallest absolute Gasteiger partial charge is 0.121 e. The zero-order chi connectivity index (χ0) is 13.2. The molecule has 18 heavy (non-hydrogen) atoms. The number of rotatable bonds is 9. The first-order valence-electron chi connectivity index (χ1n) is 6.69. The Bertz CT molecular complexity index is 327. The molecule has 0 saturated carbocycles. The molecule has 0 aliphatic heterocycles. The lowest BCUT2D eigenvalue weighted by atomic mass is 10.3. The van der Waals surface area contributed by atoms with E-state index in [2.05, 4.69) is 24.1 Å². The molecule has 1 rings (SSSR count). The van der Waals surface area contributed by atoms with Crippen molar-refractivity contribution in [3.63, 3.8) is 0 Å². The Morgan fingerprint density at radius 2 is 2.06 bits per heavy atom. The summed E-state index contributed by atoms with van der Waals surface area (Å²) in [7, 11) is 0. The number of nitrogens with one attached hydrogen (secondary N) is 1. The molecule has 0 spiro atoms. The highest BCUT2D eigenvalue weighted by Crippen LogP contribution is 2.16. The van der Waals surface area contributed by atoms with Crippen LogP contribution in [0.1, 0.15) is 13.8 Å². The summed E-state index contributed by atoms with van der Waals surface area (Å²) in [6.45, 7) is 9.57. The molecule has 0 atom stereocenters. The summed E-state index contributed by atoms with van der Waals surface area (Å²) >= 11 is 0. The summed E-state index contributed by atoms with van der Waals surface area (Å²) in [6.07, 6.45) is 0. The third kappa shape index (κ3) is 5.38. The minimum atomic E-state index is 0.632. The highest BCUT2D eigenvalue weighted by atomic mass is 16.5. The fraction of sp³-hybridized carbons (Fsp3) is 0.571. The Morgan fingerprint density at radius 1 is 1.28 bits per heavy atom. The van der Waals surface area contributed by atoms with Gasteiger partial charge in [-0.2, -0.15) is 0 Å². The van der Waals surface area contributed by atoms with E-state index in [-0.39, 0.29) is 0 Å². The van der Waals surface area contributed by atoms with Crippen molar-refractivity contribution in [3.05, 3.63) is 24.3 Å². The van der Waals surface area contributed by atoms with E-state index in [1.165, 1.54) is 0 Å². The molecule has 4 heteroatoms. The molecule has 0 aliphatic carbocycles. The van der Waals surface area contributed by atoms with Crippen LogP contribution in [0, 0.1) is 0 Å². The van der Waals surface area contributed by atoms with Crippen molar-refractivity contribution in [2.24, 2.45) is 5.73 Å². The molecule has 0 saturated heterocycles. The largest absolute Gasteiger partial charge is 0.492 e. The molecule has 1 aromatic rings. The van der Waals surface area contributed by atoms with Gasteiger partial charge < -0.3 is 20.7 Å². The van der Waals surface area contributed by atoms with Crippen molar-refractivity contribution in [3.8, 4) is 5.75 Å². The number of likely N-dealkylation sites (N-methyl/N-ethyl adjacent to an activating group) is 1. The second kappa shape index (κ2) is 8.78. The average Bonchev–Trinajstić information content (AvgIpc) is 2.42. The van der Waals surface area contributed by atoms with Gasteiger partial charge in [0, 0.05) is 31.4 Å². The Hall–Kier alpha value is -1.26. The number of nitrogens with zero attached hydrogens (tertiary/aromatic N) is 1. The first-order chi connectivity index (χ1) is 8.80. The third-order valence-corrected chi connectivity index (χ3v) is 2.88. The predicted molar refractivity (Wildman–Crippen MR) is 77.3 cm³/mol. The molecule has 102 valence electrons. The summed E-state index contributed by atoms with van der Waals surface area (Å²) < 4.78 is 5.75. The van der Waals surface area contributed by atoms with Gasteiger partial charge in [0.15, 0.2) is 0 Å². The van der Waals surface area contributed by atoms with E-state index in [1.54, 1.807) is 0 Å². The second-order valence-electron chi connectivity index (χ2n) is 4.12. The number of hydrogen-bond acceptors (Lipinski definition) is 4. The van der Waals surface area contributed by atoms with E-state index in [0.29, 0.717) is 6.54 Å².